The highest BCUT2D eigenvalue weighted by Gasteiger charge is 2.23. The largest absolute Gasteiger partial charge is 0.356 e. The van der Waals surface area contributed by atoms with E-state index in [0.29, 0.717) is 0 Å². The molecule has 2 N–H and O–H groups in total. The Labute approximate surface area is 61.2 Å². The maximum atomic E-state index is 11.0. The van der Waals surface area contributed by atoms with Crippen LogP contribution in [0.15, 0.2) is 0 Å². The summed E-state index contributed by atoms with van der Waals surface area (Å²) in [5, 5.41) is 5.91. The summed E-state index contributed by atoms with van der Waals surface area (Å²) in [6, 6.07) is 0. The third-order valence-electron chi connectivity index (χ3n) is 1.70. The van der Waals surface area contributed by atoms with Gasteiger partial charge in [-0.2, -0.15) is 0 Å². The first-order valence-corrected chi connectivity index (χ1v) is 3.83. The minimum atomic E-state index is 0.209. The molecule has 3 heteroatoms. The van der Waals surface area contributed by atoms with Crippen molar-refractivity contribution in [3.8, 4) is 0 Å². The minimum absolute atomic E-state index is 0.209. The van der Waals surface area contributed by atoms with Gasteiger partial charge in [0.15, 0.2) is 0 Å². The Balaban J connectivity index is 2.08. The Morgan fingerprint density at radius 2 is 2.40 bits per heavy atom. The van der Waals surface area contributed by atoms with E-state index in [9.17, 15) is 4.79 Å². The SMILES string of the molecule is CCCNC(=O)C1CNC1. The van der Waals surface area contributed by atoms with Crippen LogP contribution >= 0.6 is 0 Å². The summed E-state index contributed by atoms with van der Waals surface area (Å²) in [5.41, 5.74) is 0. The lowest BCUT2D eigenvalue weighted by atomic mass is 10.0. The molecule has 0 radical (unpaired) electrons. The number of hydrogen-bond donors (Lipinski definition) is 2. The van der Waals surface area contributed by atoms with Crippen molar-refractivity contribution < 1.29 is 4.79 Å². The molecule has 1 fully saturated rings. The Hall–Kier alpha value is -0.570. The van der Waals surface area contributed by atoms with E-state index in [1.165, 1.54) is 0 Å². The van der Waals surface area contributed by atoms with Gasteiger partial charge >= 0.3 is 0 Å². The predicted octanol–water partition coefficient (Wildman–Crippen LogP) is -0.268. The number of nitrogens with one attached hydrogen (secondary N) is 2. The van der Waals surface area contributed by atoms with Crippen LogP contribution in [0.5, 0.6) is 0 Å². The topological polar surface area (TPSA) is 41.1 Å². The fourth-order valence-electron chi connectivity index (χ4n) is 0.867. The molecule has 0 aromatic rings. The van der Waals surface area contributed by atoms with Gasteiger partial charge in [-0.15, -0.1) is 0 Å². The molecule has 0 unspecified atom stereocenters. The van der Waals surface area contributed by atoms with Crippen molar-refractivity contribution in [3.63, 3.8) is 0 Å². The number of hydrogen-bond acceptors (Lipinski definition) is 2. The molecule has 1 heterocycles. The van der Waals surface area contributed by atoms with Gasteiger partial charge in [-0.1, -0.05) is 6.92 Å². The van der Waals surface area contributed by atoms with Gasteiger partial charge in [0.05, 0.1) is 5.92 Å². The Bertz CT molecular complexity index is 121. The van der Waals surface area contributed by atoms with E-state index in [-0.39, 0.29) is 11.8 Å². The summed E-state index contributed by atoms with van der Waals surface area (Å²) < 4.78 is 0. The van der Waals surface area contributed by atoms with Crippen molar-refractivity contribution >= 4 is 5.91 Å². The number of carbonyl (C=O) groups is 1. The average Bonchev–Trinajstić information content (AvgIpc) is 1.79. The summed E-state index contributed by atoms with van der Waals surface area (Å²) in [4.78, 5) is 11.0. The van der Waals surface area contributed by atoms with E-state index in [2.05, 4.69) is 17.6 Å². The fraction of sp³-hybridized carbons (Fsp3) is 0.857. The van der Waals surface area contributed by atoms with E-state index in [0.717, 1.165) is 26.1 Å². The molecule has 3 nitrogen and oxygen atoms in total. The van der Waals surface area contributed by atoms with Gasteiger partial charge in [-0.05, 0) is 6.42 Å². The van der Waals surface area contributed by atoms with Crippen LogP contribution < -0.4 is 10.6 Å². The zero-order chi connectivity index (χ0) is 7.40. The average molecular weight is 142 g/mol. The lowest BCUT2D eigenvalue weighted by molar-refractivity contribution is -0.126. The van der Waals surface area contributed by atoms with Crippen LogP contribution in [0.4, 0.5) is 0 Å². The second kappa shape index (κ2) is 3.56. The number of carbonyl (C=O) groups excluding carboxylic acids is 1. The molecule has 58 valence electrons. The molecule has 1 aliphatic rings. The van der Waals surface area contributed by atoms with Gasteiger partial charge in [0.25, 0.3) is 0 Å². The van der Waals surface area contributed by atoms with Crippen LogP contribution in [0.2, 0.25) is 0 Å². The highest BCUT2D eigenvalue weighted by atomic mass is 16.2. The first kappa shape index (κ1) is 7.54. The van der Waals surface area contributed by atoms with E-state index in [1.54, 1.807) is 0 Å². The first-order chi connectivity index (χ1) is 4.84. The summed E-state index contributed by atoms with van der Waals surface area (Å²) in [7, 11) is 0. The summed E-state index contributed by atoms with van der Waals surface area (Å²) in [6.45, 7) is 4.58. The second-order valence-corrected chi connectivity index (χ2v) is 2.65. The van der Waals surface area contributed by atoms with Gasteiger partial charge < -0.3 is 10.6 Å². The van der Waals surface area contributed by atoms with Crippen molar-refractivity contribution in [1.29, 1.82) is 0 Å². The molecule has 1 rings (SSSR count). The normalized spacial score (nSPS) is 18.1. The van der Waals surface area contributed by atoms with E-state index in [1.807, 2.05) is 0 Å². The lowest BCUT2D eigenvalue weighted by Gasteiger charge is -2.25. The molecule has 1 saturated heterocycles. The molecular formula is C7H14N2O. The molecule has 0 spiro atoms. The van der Waals surface area contributed by atoms with Crippen LogP contribution in [0, 0.1) is 5.92 Å². The molecule has 0 aromatic carbocycles. The van der Waals surface area contributed by atoms with Crippen LogP contribution in [-0.4, -0.2) is 25.5 Å². The monoisotopic (exact) mass is 142 g/mol. The van der Waals surface area contributed by atoms with Crippen LogP contribution in [0.25, 0.3) is 0 Å². The van der Waals surface area contributed by atoms with E-state index >= 15 is 0 Å². The van der Waals surface area contributed by atoms with Crippen molar-refractivity contribution in [3.05, 3.63) is 0 Å². The third kappa shape index (κ3) is 1.70. The highest BCUT2D eigenvalue weighted by molar-refractivity contribution is 5.79. The zero-order valence-electron chi connectivity index (χ0n) is 6.31. The molecule has 0 atom stereocenters. The zero-order valence-corrected chi connectivity index (χ0v) is 6.31. The predicted molar refractivity (Wildman–Crippen MR) is 39.7 cm³/mol. The number of rotatable bonds is 3. The minimum Gasteiger partial charge on any atom is -0.356 e. The molecule has 1 aliphatic heterocycles. The summed E-state index contributed by atoms with van der Waals surface area (Å²) >= 11 is 0. The lowest BCUT2D eigenvalue weighted by Crippen LogP contribution is -2.50. The molecular weight excluding hydrogens is 128 g/mol. The van der Waals surface area contributed by atoms with Gasteiger partial charge in [0.1, 0.15) is 0 Å². The Morgan fingerprint density at radius 3 is 2.80 bits per heavy atom. The number of amides is 1. The molecule has 0 aromatic heterocycles. The third-order valence-corrected chi connectivity index (χ3v) is 1.70. The summed E-state index contributed by atoms with van der Waals surface area (Å²) in [6.07, 6.45) is 1.02. The first-order valence-electron chi connectivity index (χ1n) is 3.83. The van der Waals surface area contributed by atoms with Gasteiger partial charge in [-0.25, -0.2) is 0 Å². The molecule has 0 aliphatic carbocycles. The molecule has 0 saturated carbocycles. The van der Waals surface area contributed by atoms with Gasteiger partial charge in [0, 0.05) is 19.6 Å². The van der Waals surface area contributed by atoms with Crippen LogP contribution in [-0.2, 0) is 4.79 Å². The Morgan fingerprint density at radius 1 is 1.70 bits per heavy atom. The quantitative estimate of drug-likeness (QED) is 0.569. The standard InChI is InChI=1S/C7H14N2O/c1-2-3-9-7(10)6-4-8-5-6/h6,8H,2-5H2,1H3,(H,9,10). The van der Waals surface area contributed by atoms with Crippen molar-refractivity contribution in [1.82, 2.24) is 10.6 Å². The van der Waals surface area contributed by atoms with Crippen molar-refractivity contribution in [2.75, 3.05) is 19.6 Å². The van der Waals surface area contributed by atoms with Crippen LogP contribution in [0.3, 0.4) is 0 Å². The van der Waals surface area contributed by atoms with E-state index < -0.39 is 0 Å². The molecule has 1 amide bonds. The van der Waals surface area contributed by atoms with Gasteiger partial charge in [0.2, 0.25) is 5.91 Å². The maximum Gasteiger partial charge on any atom is 0.225 e. The highest BCUT2D eigenvalue weighted by Crippen LogP contribution is 2.01. The van der Waals surface area contributed by atoms with Crippen molar-refractivity contribution in [2.45, 2.75) is 13.3 Å². The smallest absolute Gasteiger partial charge is 0.225 e. The second-order valence-electron chi connectivity index (χ2n) is 2.65. The van der Waals surface area contributed by atoms with Crippen molar-refractivity contribution in [2.24, 2.45) is 5.92 Å². The van der Waals surface area contributed by atoms with E-state index in [4.69, 9.17) is 0 Å². The Kier molecular flexibility index (Phi) is 2.68. The summed E-state index contributed by atoms with van der Waals surface area (Å²) in [5.74, 6) is 0.451. The fourth-order valence-corrected chi connectivity index (χ4v) is 0.867. The van der Waals surface area contributed by atoms with Gasteiger partial charge in [-0.3, -0.25) is 4.79 Å². The maximum absolute atomic E-state index is 11.0. The van der Waals surface area contributed by atoms with Crippen LogP contribution in [0.1, 0.15) is 13.3 Å². The molecule has 0 bridgehead atoms. The molecule has 10 heavy (non-hydrogen) atoms.